The molecule has 118 valence electrons. The molecule has 0 aromatic heterocycles. The molecule has 0 fully saturated rings. The summed E-state index contributed by atoms with van der Waals surface area (Å²) in [4.78, 5) is 10.1. The Bertz CT molecular complexity index is 327. The Morgan fingerprint density at radius 1 is 1.05 bits per heavy atom. The van der Waals surface area contributed by atoms with Gasteiger partial charge in [0.2, 0.25) is 0 Å². The average Bonchev–Trinajstić information content (AvgIpc) is 2.33. The summed E-state index contributed by atoms with van der Waals surface area (Å²) < 4.78 is 0. The molecule has 12 nitrogen and oxygen atoms in total. The zero-order chi connectivity index (χ0) is 16.5. The standard InChI is InChI=1S/C6H12O7.C2H7N5/c7-1-2(8)3(9)4(10)5(11)6(12)13;3-1(4)7-2(5)6/h2-5,7-11H,1H2,(H,12,13);(H7,3,4,5,6,7)/t2-,3-,4+,5-;/m1./s1. The summed E-state index contributed by atoms with van der Waals surface area (Å²) in [6.07, 6.45) is -7.84. The Labute approximate surface area is 113 Å². The van der Waals surface area contributed by atoms with Gasteiger partial charge in [0.25, 0.3) is 0 Å². The highest BCUT2D eigenvalue weighted by atomic mass is 16.4. The number of aliphatic hydroxyl groups is 5. The third-order valence-corrected chi connectivity index (χ3v) is 1.78. The van der Waals surface area contributed by atoms with Crippen molar-refractivity contribution in [2.45, 2.75) is 24.4 Å². The van der Waals surface area contributed by atoms with E-state index in [0.29, 0.717) is 0 Å². The zero-order valence-corrected chi connectivity index (χ0v) is 10.3. The molecule has 20 heavy (non-hydrogen) atoms. The van der Waals surface area contributed by atoms with Crippen molar-refractivity contribution in [1.29, 1.82) is 10.8 Å². The van der Waals surface area contributed by atoms with E-state index in [0.717, 1.165) is 0 Å². The van der Waals surface area contributed by atoms with Crippen molar-refractivity contribution < 1.29 is 35.4 Å². The van der Waals surface area contributed by atoms with E-state index >= 15 is 0 Å². The van der Waals surface area contributed by atoms with Crippen LogP contribution >= 0.6 is 0 Å². The van der Waals surface area contributed by atoms with Gasteiger partial charge in [-0.3, -0.25) is 16.1 Å². The normalized spacial score (nSPS) is 15.8. The topological polar surface area (TPSA) is 250 Å². The zero-order valence-electron chi connectivity index (χ0n) is 10.3. The van der Waals surface area contributed by atoms with Crippen LogP contribution in [0.5, 0.6) is 0 Å². The third-order valence-electron chi connectivity index (χ3n) is 1.78. The van der Waals surface area contributed by atoms with Crippen molar-refractivity contribution in [2.24, 2.45) is 11.5 Å². The molecular weight excluding hydrogens is 278 g/mol. The minimum atomic E-state index is -2.20. The van der Waals surface area contributed by atoms with Crippen LogP contribution < -0.4 is 16.8 Å². The van der Waals surface area contributed by atoms with Crippen LogP contribution in [-0.2, 0) is 4.79 Å². The lowest BCUT2D eigenvalue weighted by Crippen LogP contribution is -2.48. The van der Waals surface area contributed by atoms with Crippen LogP contribution in [0.1, 0.15) is 0 Å². The highest BCUT2D eigenvalue weighted by molar-refractivity contribution is 5.93. The van der Waals surface area contributed by atoms with Gasteiger partial charge in [-0.2, -0.15) is 0 Å². The predicted molar refractivity (Wildman–Crippen MR) is 65.7 cm³/mol. The van der Waals surface area contributed by atoms with Gasteiger partial charge in [0.15, 0.2) is 18.0 Å². The van der Waals surface area contributed by atoms with E-state index in [9.17, 15) is 4.79 Å². The van der Waals surface area contributed by atoms with Gasteiger partial charge >= 0.3 is 5.97 Å². The van der Waals surface area contributed by atoms with Crippen LogP contribution in [0, 0.1) is 10.8 Å². The number of aliphatic hydroxyl groups excluding tert-OH is 5. The van der Waals surface area contributed by atoms with Gasteiger partial charge in [-0.05, 0) is 0 Å². The molecule has 0 unspecified atom stereocenters. The number of rotatable bonds is 5. The van der Waals surface area contributed by atoms with Gasteiger partial charge in [-0.25, -0.2) is 4.79 Å². The smallest absolute Gasteiger partial charge is 0.335 e. The predicted octanol–water partition coefficient (Wildman–Crippen LogP) is -5.13. The molecule has 0 spiro atoms. The van der Waals surface area contributed by atoms with E-state index in [-0.39, 0.29) is 11.9 Å². The van der Waals surface area contributed by atoms with Gasteiger partial charge in [-0.1, -0.05) is 0 Å². The minimum absolute atomic E-state index is 0.312. The highest BCUT2D eigenvalue weighted by Crippen LogP contribution is 2.04. The Balaban J connectivity index is 0. The molecule has 0 aromatic carbocycles. The molecule has 4 atom stereocenters. The molecule has 0 aliphatic rings. The lowest BCUT2D eigenvalue weighted by molar-refractivity contribution is -0.164. The molecule has 0 rings (SSSR count). The van der Waals surface area contributed by atoms with Gasteiger partial charge < -0.3 is 42.1 Å². The number of carboxylic acids is 1. The SMILES string of the molecule is N=C(N)NC(=N)N.O=C(O)[C@H](O)[C@@H](O)[C@H](O)[C@H](O)CO. The Hall–Kier alpha value is -1.99. The average molecular weight is 297 g/mol. The van der Waals surface area contributed by atoms with Crippen molar-refractivity contribution in [3.05, 3.63) is 0 Å². The van der Waals surface area contributed by atoms with E-state index in [1.54, 1.807) is 0 Å². The van der Waals surface area contributed by atoms with Crippen LogP contribution in [0.4, 0.5) is 0 Å². The Kier molecular flexibility index (Phi) is 10.0. The summed E-state index contributed by atoms with van der Waals surface area (Å²) in [6, 6.07) is 0. The quantitative estimate of drug-likeness (QED) is 0.170. The van der Waals surface area contributed by atoms with Gasteiger partial charge in [0.05, 0.1) is 6.61 Å². The number of carboxylic acid groups (broad SMARTS) is 1. The van der Waals surface area contributed by atoms with Crippen LogP contribution in [0.3, 0.4) is 0 Å². The van der Waals surface area contributed by atoms with E-state index in [2.05, 4.69) is 0 Å². The second-order valence-corrected chi connectivity index (χ2v) is 3.47. The van der Waals surface area contributed by atoms with Crippen LogP contribution in [-0.4, -0.2) is 79.6 Å². The van der Waals surface area contributed by atoms with E-state index in [4.69, 9.17) is 52.9 Å². The molecule has 0 aliphatic carbocycles. The first kappa shape index (κ1) is 20.3. The fraction of sp³-hybridized carbons (Fsp3) is 0.625. The van der Waals surface area contributed by atoms with Crippen molar-refractivity contribution in [3.63, 3.8) is 0 Å². The molecular formula is C8H19N5O7. The van der Waals surface area contributed by atoms with Gasteiger partial charge in [0.1, 0.15) is 18.3 Å². The second-order valence-electron chi connectivity index (χ2n) is 3.47. The molecule has 0 aliphatic heterocycles. The molecule has 0 aromatic rings. The summed E-state index contributed by atoms with van der Waals surface area (Å²) in [5, 5.41) is 66.8. The first-order valence-electron chi connectivity index (χ1n) is 5.05. The number of carbonyl (C=O) groups is 1. The van der Waals surface area contributed by atoms with Gasteiger partial charge in [0, 0.05) is 0 Å². The van der Waals surface area contributed by atoms with Crippen LogP contribution in [0.25, 0.3) is 0 Å². The fourth-order valence-electron chi connectivity index (χ4n) is 0.814. The van der Waals surface area contributed by atoms with E-state index in [1.807, 2.05) is 5.32 Å². The molecule has 0 bridgehead atoms. The van der Waals surface area contributed by atoms with Crippen LogP contribution in [0.2, 0.25) is 0 Å². The van der Waals surface area contributed by atoms with Crippen molar-refractivity contribution in [3.8, 4) is 0 Å². The summed E-state index contributed by atoms with van der Waals surface area (Å²) in [7, 11) is 0. The lowest BCUT2D eigenvalue weighted by atomic mass is 10.0. The Morgan fingerprint density at radius 2 is 1.45 bits per heavy atom. The van der Waals surface area contributed by atoms with Gasteiger partial charge in [-0.15, -0.1) is 0 Å². The number of guanidine groups is 2. The monoisotopic (exact) mass is 297 g/mol. The molecule has 0 radical (unpaired) electrons. The summed E-state index contributed by atoms with van der Waals surface area (Å²) in [5.41, 5.74) is 9.49. The van der Waals surface area contributed by atoms with Crippen molar-refractivity contribution in [1.82, 2.24) is 5.32 Å². The number of hydrogen-bond acceptors (Lipinski definition) is 8. The minimum Gasteiger partial charge on any atom is -0.479 e. The number of nitrogens with one attached hydrogen (secondary N) is 3. The van der Waals surface area contributed by atoms with E-state index in [1.165, 1.54) is 0 Å². The molecule has 0 saturated heterocycles. The summed E-state index contributed by atoms with van der Waals surface area (Å²) in [5.74, 6) is -2.35. The number of aliphatic carboxylic acids is 1. The van der Waals surface area contributed by atoms with E-state index < -0.39 is 37.0 Å². The summed E-state index contributed by atoms with van der Waals surface area (Å²) in [6.45, 7) is -0.843. The summed E-state index contributed by atoms with van der Waals surface area (Å²) >= 11 is 0. The first-order chi connectivity index (χ1) is 9.04. The maximum absolute atomic E-state index is 10.1. The maximum atomic E-state index is 10.1. The lowest BCUT2D eigenvalue weighted by Gasteiger charge is -2.23. The number of nitrogens with two attached hydrogens (primary N) is 2. The first-order valence-corrected chi connectivity index (χ1v) is 5.05. The highest BCUT2D eigenvalue weighted by Gasteiger charge is 2.33. The Morgan fingerprint density at radius 3 is 1.65 bits per heavy atom. The van der Waals surface area contributed by atoms with Crippen molar-refractivity contribution >= 4 is 17.9 Å². The van der Waals surface area contributed by atoms with Crippen molar-refractivity contribution in [2.75, 3.05) is 6.61 Å². The number of hydrogen-bond donors (Lipinski definition) is 11. The molecule has 13 N–H and O–H groups in total. The molecule has 0 saturated carbocycles. The molecule has 12 heteroatoms. The fourth-order valence-corrected chi connectivity index (χ4v) is 0.814. The molecule has 0 amide bonds. The largest absolute Gasteiger partial charge is 0.479 e. The second kappa shape index (κ2) is 9.88. The maximum Gasteiger partial charge on any atom is 0.335 e. The molecule has 0 heterocycles. The van der Waals surface area contributed by atoms with Crippen LogP contribution in [0.15, 0.2) is 0 Å². The third kappa shape index (κ3) is 9.01.